The zero-order chi connectivity index (χ0) is 25.7. The number of ether oxygens (including phenoxy) is 1. The number of hydrogen-bond donors (Lipinski definition) is 2. The van der Waals surface area contributed by atoms with Crippen LogP contribution >= 0.6 is 22.9 Å². The molecule has 1 aliphatic heterocycles. The lowest BCUT2D eigenvalue weighted by molar-refractivity contribution is 0.301. The van der Waals surface area contributed by atoms with Crippen molar-refractivity contribution in [3.8, 4) is 16.2 Å². The summed E-state index contributed by atoms with van der Waals surface area (Å²) in [6.07, 6.45) is 6.39. The van der Waals surface area contributed by atoms with Gasteiger partial charge in [0.25, 0.3) is 0 Å². The Kier molecular flexibility index (Phi) is 7.30. The van der Waals surface area contributed by atoms with Gasteiger partial charge in [0, 0.05) is 43.1 Å². The minimum atomic E-state index is 0.348. The summed E-state index contributed by atoms with van der Waals surface area (Å²) in [5, 5.41) is 9.34. The predicted molar refractivity (Wildman–Crippen MR) is 154 cm³/mol. The Balaban J connectivity index is 1.22. The first kappa shape index (κ1) is 24.5. The minimum Gasteiger partial charge on any atom is -0.486 e. The van der Waals surface area contributed by atoms with Crippen LogP contribution in [0, 0.1) is 0 Å². The van der Waals surface area contributed by atoms with E-state index in [4.69, 9.17) is 21.3 Å². The Morgan fingerprint density at radius 2 is 1.97 bits per heavy atom. The number of anilines is 3. The second-order valence-corrected chi connectivity index (χ2v) is 10.3. The maximum Gasteiger partial charge on any atom is 0.185 e. The summed E-state index contributed by atoms with van der Waals surface area (Å²) in [6.45, 7) is 4.39. The van der Waals surface area contributed by atoms with Gasteiger partial charge in [-0.05, 0) is 61.0 Å². The Morgan fingerprint density at radius 1 is 1.00 bits per heavy atom. The van der Waals surface area contributed by atoms with Gasteiger partial charge in [-0.3, -0.25) is 4.98 Å². The average Bonchev–Trinajstić information content (AvgIpc) is 3.28. The second kappa shape index (κ2) is 11.3. The molecule has 1 fully saturated rings. The minimum absolute atomic E-state index is 0.348. The van der Waals surface area contributed by atoms with Gasteiger partial charge in [-0.25, -0.2) is 15.0 Å². The molecule has 0 aliphatic carbocycles. The first-order valence-electron chi connectivity index (χ1n) is 12.5. The molecule has 1 aliphatic rings. The molecule has 38 heavy (non-hydrogen) atoms. The Morgan fingerprint density at radius 3 is 2.87 bits per heavy atom. The van der Waals surface area contributed by atoms with Crippen molar-refractivity contribution >= 4 is 50.5 Å². The zero-order valence-electron chi connectivity index (χ0n) is 20.6. The topological polar surface area (TPSA) is 88.1 Å². The molecule has 2 aromatic carbocycles. The lowest BCUT2D eigenvalue weighted by Gasteiger charge is -2.18. The van der Waals surface area contributed by atoms with Crippen molar-refractivity contribution < 1.29 is 4.74 Å². The molecule has 1 saturated heterocycles. The number of nitrogens with zero attached hydrogens (tertiary/aromatic N) is 5. The molecule has 0 amide bonds. The number of hydrogen-bond acceptors (Lipinski definition) is 9. The van der Waals surface area contributed by atoms with E-state index < -0.39 is 0 Å². The van der Waals surface area contributed by atoms with Crippen LogP contribution in [-0.4, -0.2) is 46.1 Å². The van der Waals surface area contributed by atoms with Gasteiger partial charge in [-0.15, -0.1) is 0 Å². The largest absolute Gasteiger partial charge is 0.486 e. The van der Waals surface area contributed by atoms with Crippen LogP contribution in [-0.2, 0) is 6.61 Å². The standard InChI is InChI=1S/C28H26ClN7OS/c29-23-15-20(6-8-25(23)37-17-21-4-1-2-10-31-21)35-27-22-14-19(5-7-24(22)33-18-34-27)26-16-32-28(38-26)36-12-3-9-30-11-13-36/h1-2,4-8,10,14-16,18,30H,3,9,11-13,17H2,(H,33,34,35). The van der Waals surface area contributed by atoms with Gasteiger partial charge in [-0.1, -0.05) is 35.1 Å². The summed E-state index contributed by atoms with van der Waals surface area (Å²) >= 11 is 8.25. The van der Waals surface area contributed by atoms with E-state index in [1.165, 1.54) is 0 Å². The first-order valence-corrected chi connectivity index (χ1v) is 13.7. The summed E-state index contributed by atoms with van der Waals surface area (Å²) in [6, 6.07) is 17.5. The molecule has 0 radical (unpaired) electrons. The molecule has 0 spiro atoms. The van der Waals surface area contributed by atoms with Crippen LogP contribution in [0.3, 0.4) is 0 Å². The highest BCUT2D eigenvalue weighted by Gasteiger charge is 2.15. The van der Waals surface area contributed by atoms with Crippen LogP contribution in [0.4, 0.5) is 16.6 Å². The number of benzene rings is 2. The van der Waals surface area contributed by atoms with Crippen LogP contribution in [0.15, 0.2) is 73.3 Å². The lowest BCUT2D eigenvalue weighted by Crippen LogP contribution is -2.27. The summed E-state index contributed by atoms with van der Waals surface area (Å²) in [5.74, 6) is 1.30. The molecule has 2 N–H and O–H groups in total. The van der Waals surface area contributed by atoms with Crippen molar-refractivity contribution in [2.45, 2.75) is 13.0 Å². The number of fused-ring (bicyclic) bond motifs is 1. The van der Waals surface area contributed by atoms with Crippen LogP contribution in [0.25, 0.3) is 21.3 Å². The van der Waals surface area contributed by atoms with Crippen molar-refractivity contribution in [1.82, 2.24) is 25.3 Å². The number of aromatic nitrogens is 4. The maximum absolute atomic E-state index is 6.53. The fourth-order valence-electron chi connectivity index (χ4n) is 4.36. The van der Waals surface area contributed by atoms with Gasteiger partial charge in [-0.2, -0.15) is 0 Å². The third-order valence-electron chi connectivity index (χ3n) is 6.32. The normalized spacial score (nSPS) is 13.9. The SMILES string of the molecule is Clc1cc(Nc2ncnc3ccc(-c4cnc(N5CCCNCC5)s4)cc23)ccc1OCc1ccccn1. The highest BCUT2D eigenvalue weighted by molar-refractivity contribution is 7.18. The Bertz CT molecular complexity index is 1540. The van der Waals surface area contributed by atoms with E-state index in [9.17, 15) is 0 Å². The molecule has 0 atom stereocenters. The predicted octanol–water partition coefficient (Wildman–Crippen LogP) is 5.92. The molecule has 8 nitrogen and oxygen atoms in total. The third-order valence-corrected chi connectivity index (χ3v) is 7.72. The number of nitrogens with one attached hydrogen (secondary N) is 2. The molecule has 192 valence electrons. The van der Waals surface area contributed by atoms with E-state index in [2.05, 4.69) is 42.6 Å². The number of rotatable bonds is 7. The van der Waals surface area contributed by atoms with Crippen LogP contribution < -0.4 is 20.3 Å². The quantitative estimate of drug-likeness (QED) is 0.261. The highest BCUT2D eigenvalue weighted by Crippen LogP contribution is 2.35. The molecule has 0 saturated carbocycles. The number of pyridine rings is 1. The highest BCUT2D eigenvalue weighted by atomic mass is 35.5. The van der Waals surface area contributed by atoms with Crippen molar-refractivity contribution in [1.29, 1.82) is 0 Å². The smallest absolute Gasteiger partial charge is 0.185 e. The van der Waals surface area contributed by atoms with E-state index in [-0.39, 0.29) is 0 Å². The van der Waals surface area contributed by atoms with E-state index >= 15 is 0 Å². The van der Waals surface area contributed by atoms with Crippen LogP contribution in [0.1, 0.15) is 12.1 Å². The van der Waals surface area contributed by atoms with Crippen molar-refractivity contribution in [2.75, 3.05) is 36.4 Å². The molecule has 0 unspecified atom stereocenters. The molecular formula is C28H26ClN7OS. The zero-order valence-corrected chi connectivity index (χ0v) is 22.2. The van der Waals surface area contributed by atoms with Gasteiger partial charge in [0.2, 0.25) is 0 Å². The van der Waals surface area contributed by atoms with Gasteiger partial charge < -0.3 is 20.3 Å². The monoisotopic (exact) mass is 543 g/mol. The molecule has 3 aromatic heterocycles. The van der Waals surface area contributed by atoms with Crippen molar-refractivity contribution in [3.05, 3.63) is 84.0 Å². The van der Waals surface area contributed by atoms with Gasteiger partial charge in [0.05, 0.1) is 21.1 Å². The fraction of sp³-hybridized carbons (Fsp3) is 0.214. The molecule has 4 heterocycles. The molecule has 0 bridgehead atoms. The maximum atomic E-state index is 6.53. The van der Waals surface area contributed by atoms with E-state index in [0.717, 1.165) is 70.5 Å². The molecule has 10 heteroatoms. The molecule has 6 rings (SSSR count). The molecule has 5 aromatic rings. The van der Waals surface area contributed by atoms with E-state index in [1.807, 2.05) is 48.7 Å². The van der Waals surface area contributed by atoms with Crippen molar-refractivity contribution in [2.24, 2.45) is 0 Å². The number of thiazole rings is 1. The van der Waals surface area contributed by atoms with Crippen LogP contribution in [0.5, 0.6) is 5.75 Å². The first-order chi connectivity index (χ1) is 18.7. The lowest BCUT2D eigenvalue weighted by atomic mass is 10.1. The Labute approximate surface area is 229 Å². The summed E-state index contributed by atoms with van der Waals surface area (Å²) < 4.78 is 5.86. The van der Waals surface area contributed by atoms with Crippen molar-refractivity contribution in [3.63, 3.8) is 0 Å². The summed E-state index contributed by atoms with van der Waals surface area (Å²) in [5.41, 5.74) is 3.59. The fourth-order valence-corrected chi connectivity index (χ4v) is 5.56. The third kappa shape index (κ3) is 5.55. The number of halogens is 1. The summed E-state index contributed by atoms with van der Waals surface area (Å²) in [7, 11) is 0. The van der Waals surface area contributed by atoms with Gasteiger partial charge in [0.15, 0.2) is 5.13 Å². The summed E-state index contributed by atoms with van der Waals surface area (Å²) in [4.78, 5) is 21.5. The van der Waals surface area contributed by atoms with Crippen LogP contribution in [0.2, 0.25) is 5.02 Å². The Hall–Kier alpha value is -3.79. The average molecular weight is 544 g/mol. The van der Waals surface area contributed by atoms with Gasteiger partial charge in [0.1, 0.15) is 24.5 Å². The van der Waals surface area contributed by atoms with E-state index in [1.54, 1.807) is 23.9 Å². The molecular weight excluding hydrogens is 518 g/mol. The van der Waals surface area contributed by atoms with Gasteiger partial charge >= 0.3 is 0 Å². The van der Waals surface area contributed by atoms with E-state index in [0.29, 0.717) is 23.2 Å². The second-order valence-electron chi connectivity index (χ2n) is 8.93.